The molecule has 6 nitrogen and oxygen atoms in total. The Morgan fingerprint density at radius 2 is 2.00 bits per heavy atom. The first-order valence-electron chi connectivity index (χ1n) is 6.88. The summed E-state index contributed by atoms with van der Waals surface area (Å²) in [6.45, 7) is 6.62. The lowest BCUT2D eigenvalue weighted by Gasteiger charge is -2.33. The van der Waals surface area contributed by atoms with Crippen LogP contribution in [0.2, 0.25) is 0 Å². The van der Waals surface area contributed by atoms with Gasteiger partial charge in [-0.2, -0.15) is 0 Å². The van der Waals surface area contributed by atoms with E-state index in [0.29, 0.717) is 19.5 Å². The van der Waals surface area contributed by atoms with E-state index in [-0.39, 0.29) is 11.8 Å². The van der Waals surface area contributed by atoms with Gasteiger partial charge in [-0.15, -0.1) is 0 Å². The summed E-state index contributed by atoms with van der Waals surface area (Å²) in [4.78, 5) is 13.3. The van der Waals surface area contributed by atoms with E-state index in [1.165, 1.54) is 6.26 Å². The average Bonchev–Trinajstić information content (AvgIpc) is 2.32. The van der Waals surface area contributed by atoms with Gasteiger partial charge in [0.25, 0.3) is 0 Å². The Kier molecular flexibility index (Phi) is 7.69. The van der Waals surface area contributed by atoms with Gasteiger partial charge in [0, 0.05) is 18.8 Å². The minimum absolute atomic E-state index is 0.0257. The molecule has 2 unspecified atom stereocenters. The summed E-state index contributed by atoms with van der Waals surface area (Å²) in [5.41, 5.74) is -0.991. The van der Waals surface area contributed by atoms with Gasteiger partial charge in [0.05, 0.1) is 5.75 Å². The quantitative estimate of drug-likeness (QED) is 0.614. The molecule has 0 aromatic rings. The maximum Gasteiger partial charge on any atom is 0.323 e. The molecule has 0 spiro atoms. The van der Waals surface area contributed by atoms with Crippen LogP contribution >= 0.6 is 0 Å². The third kappa shape index (κ3) is 7.21. The monoisotopic (exact) mass is 308 g/mol. The van der Waals surface area contributed by atoms with Gasteiger partial charge >= 0.3 is 5.97 Å². The highest BCUT2D eigenvalue weighted by Crippen LogP contribution is 2.16. The van der Waals surface area contributed by atoms with Gasteiger partial charge in [-0.25, -0.2) is 8.42 Å². The first-order chi connectivity index (χ1) is 9.02. The van der Waals surface area contributed by atoms with Crippen molar-refractivity contribution in [3.8, 4) is 0 Å². The lowest BCUT2D eigenvalue weighted by atomic mass is 9.93. The normalized spacial score (nSPS) is 16.9. The van der Waals surface area contributed by atoms with Crippen LogP contribution in [0.1, 0.15) is 33.6 Å². The molecule has 2 atom stereocenters. The van der Waals surface area contributed by atoms with E-state index in [2.05, 4.69) is 5.32 Å². The number of carbonyl (C=O) groups is 1. The predicted molar refractivity (Wildman–Crippen MR) is 80.8 cm³/mol. The highest BCUT2D eigenvalue weighted by atomic mass is 32.2. The number of rotatable bonds is 10. The van der Waals surface area contributed by atoms with Gasteiger partial charge in [0.2, 0.25) is 0 Å². The first kappa shape index (κ1) is 19.3. The second kappa shape index (κ2) is 7.95. The maximum atomic E-state index is 11.4. The molecule has 7 heteroatoms. The maximum absolute atomic E-state index is 11.4. The molecule has 20 heavy (non-hydrogen) atoms. The molecule has 0 rings (SSSR count). The molecule has 0 saturated carbocycles. The van der Waals surface area contributed by atoms with Crippen molar-refractivity contribution in [2.45, 2.75) is 45.2 Å². The SMILES string of the molecule is CCCNC(C)(CC(C)N(C)CCS(C)(=O)=O)C(=O)O. The smallest absolute Gasteiger partial charge is 0.323 e. The van der Waals surface area contributed by atoms with E-state index in [1.807, 2.05) is 25.8 Å². The molecule has 120 valence electrons. The van der Waals surface area contributed by atoms with E-state index in [4.69, 9.17) is 0 Å². The molecule has 0 bridgehead atoms. The Balaban J connectivity index is 4.59. The van der Waals surface area contributed by atoms with E-state index < -0.39 is 21.3 Å². The number of nitrogens with zero attached hydrogens (tertiary/aromatic N) is 1. The first-order valence-corrected chi connectivity index (χ1v) is 8.94. The van der Waals surface area contributed by atoms with Gasteiger partial charge in [-0.1, -0.05) is 6.92 Å². The average molecular weight is 308 g/mol. The number of aliphatic carboxylic acids is 1. The third-order valence-corrected chi connectivity index (χ3v) is 4.43. The molecule has 0 aliphatic carbocycles. The molecule has 0 heterocycles. The fraction of sp³-hybridized carbons (Fsp3) is 0.923. The van der Waals surface area contributed by atoms with Crippen molar-refractivity contribution >= 4 is 15.8 Å². The van der Waals surface area contributed by atoms with Crippen molar-refractivity contribution in [3.05, 3.63) is 0 Å². The Hall–Kier alpha value is -0.660. The molecule has 0 aliphatic rings. The van der Waals surface area contributed by atoms with Crippen LogP contribution in [-0.2, 0) is 14.6 Å². The van der Waals surface area contributed by atoms with Crippen LogP contribution in [-0.4, -0.2) is 68.1 Å². The topological polar surface area (TPSA) is 86.7 Å². The lowest BCUT2D eigenvalue weighted by molar-refractivity contribution is -0.145. The van der Waals surface area contributed by atoms with Crippen LogP contribution in [0, 0.1) is 0 Å². The number of sulfone groups is 1. The second-order valence-corrected chi connectivity index (χ2v) is 7.99. The second-order valence-electron chi connectivity index (χ2n) is 5.73. The van der Waals surface area contributed by atoms with Gasteiger partial charge in [0.1, 0.15) is 15.4 Å². The molecule has 0 fully saturated rings. The van der Waals surface area contributed by atoms with E-state index in [0.717, 1.165) is 6.42 Å². The summed E-state index contributed by atoms with van der Waals surface area (Å²) in [5.74, 6) is -0.797. The predicted octanol–water partition coefficient (Wildman–Crippen LogP) is 0.584. The summed E-state index contributed by atoms with van der Waals surface area (Å²) in [5, 5.41) is 12.4. The van der Waals surface area contributed by atoms with Crippen molar-refractivity contribution in [2.75, 3.05) is 32.1 Å². The molecule has 0 saturated heterocycles. The van der Waals surface area contributed by atoms with E-state index in [9.17, 15) is 18.3 Å². The standard InChI is InChI=1S/C13H28N2O4S/c1-6-7-14-13(3,12(16)17)10-11(2)15(4)8-9-20(5,18)19/h11,14H,6-10H2,1-5H3,(H,16,17). The summed E-state index contributed by atoms with van der Waals surface area (Å²) < 4.78 is 22.3. The molecule has 0 radical (unpaired) electrons. The van der Waals surface area contributed by atoms with Crippen LogP contribution in [0.25, 0.3) is 0 Å². The Labute approximate surface area is 122 Å². The minimum atomic E-state index is -3.00. The molecule has 0 aliphatic heterocycles. The Bertz CT molecular complexity index is 411. The molecule has 2 N–H and O–H groups in total. The minimum Gasteiger partial charge on any atom is -0.480 e. The Morgan fingerprint density at radius 3 is 2.40 bits per heavy atom. The van der Waals surface area contributed by atoms with Crippen molar-refractivity contribution in [1.82, 2.24) is 10.2 Å². The summed E-state index contributed by atoms with van der Waals surface area (Å²) in [7, 11) is -1.18. The van der Waals surface area contributed by atoms with Crippen LogP contribution < -0.4 is 5.32 Å². The lowest BCUT2D eigenvalue weighted by Crippen LogP contribution is -2.53. The van der Waals surface area contributed by atoms with Gasteiger partial charge in [-0.05, 0) is 40.3 Å². The van der Waals surface area contributed by atoms with Crippen LogP contribution in [0.5, 0.6) is 0 Å². The molecule has 0 amide bonds. The molecule has 0 aromatic carbocycles. The molecular weight excluding hydrogens is 280 g/mol. The van der Waals surface area contributed by atoms with Gasteiger partial charge in [-0.3, -0.25) is 4.79 Å². The molecule has 0 aromatic heterocycles. The number of carboxylic acid groups (broad SMARTS) is 1. The number of hydrogen-bond donors (Lipinski definition) is 2. The highest BCUT2D eigenvalue weighted by molar-refractivity contribution is 7.90. The highest BCUT2D eigenvalue weighted by Gasteiger charge is 2.34. The van der Waals surface area contributed by atoms with Crippen molar-refractivity contribution in [3.63, 3.8) is 0 Å². The molecular formula is C13H28N2O4S. The zero-order chi connectivity index (χ0) is 16.0. The van der Waals surface area contributed by atoms with Crippen LogP contribution in [0.4, 0.5) is 0 Å². The zero-order valence-electron chi connectivity index (χ0n) is 13.1. The summed E-state index contributed by atoms with van der Waals surface area (Å²) in [6, 6.07) is -0.0257. The fourth-order valence-electron chi connectivity index (χ4n) is 1.91. The van der Waals surface area contributed by atoms with E-state index >= 15 is 0 Å². The summed E-state index contributed by atoms with van der Waals surface area (Å²) >= 11 is 0. The van der Waals surface area contributed by atoms with Crippen LogP contribution in [0.15, 0.2) is 0 Å². The van der Waals surface area contributed by atoms with E-state index in [1.54, 1.807) is 6.92 Å². The van der Waals surface area contributed by atoms with Gasteiger partial charge < -0.3 is 15.3 Å². The zero-order valence-corrected chi connectivity index (χ0v) is 14.0. The summed E-state index contributed by atoms with van der Waals surface area (Å²) in [6.07, 6.45) is 2.49. The number of carboxylic acids is 1. The fourth-order valence-corrected chi connectivity index (χ4v) is 2.53. The van der Waals surface area contributed by atoms with Crippen molar-refractivity contribution in [1.29, 1.82) is 0 Å². The number of hydrogen-bond acceptors (Lipinski definition) is 5. The van der Waals surface area contributed by atoms with Crippen molar-refractivity contribution < 1.29 is 18.3 Å². The van der Waals surface area contributed by atoms with Gasteiger partial charge in [0.15, 0.2) is 0 Å². The Morgan fingerprint density at radius 1 is 1.45 bits per heavy atom. The number of nitrogens with one attached hydrogen (secondary N) is 1. The van der Waals surface area contributed by atoms with Crippen LogP contribution in [0.3, 0.4) is 0 Å². The largest absolute Gasteiger partial charge is 0.480 e. The van der Waals surface area contributed by atoms with Crippen molar-refractivity contribution in [2.24, 2.45) is 0 Å². The third-order valence-electron chi connectivity index (χ3n) is 3.51.